The molecule has 2 rings (SSSR count). The molecule has 1 fully saturated rings. The van der Waals surface area contributed by atoms with Gasteiger partial charge in [0.25, 0.3) is 0 Å². The second-order valence-electron chi connectivity index (χ2n) is 4.73. The predicted octanol–water partition coefficient (Wildman–Crippen LogP) is 2.84. The molecule has 19 heavy (non-hydrogen) atoms. The molecule has 5 nitrogen and oxygen atoms in total. The highest BCUT2D eigenvalue weighted by Crippen LogP contribution is 2.22. The molecule has 2 amide bonds. The number of carbonyl (C=O) groups excluding carboxylic acids is 1. The van der Waals surface area contributed by atoms with Crippen molar-refractivity contribution >= 4 is 27.8 Å². The summed E-state index contributed by atoms with van der Waals surface area (Å²) in [7, 11) is 1.68. The number of hydrogen-bond acceptors (Lipinski definition) is 3. The van der Waals surface area contributed by atoms with Crippen molar-refractivity contribution in [2.24, 2.45) is 0 Å². The minimum absolute atomic E-state index is 0.0840. The Labute approximate surface area is 121 Å². The van der Waals surface area contributed by atoms with Crippen LogP contribution in [0.5, 0.6) is 0 Å². The van der Waals surface area contributed by atoms with Crippen LogP contribution in [-0.4, -0.2) is 30.3 Å². The van der Waals surface area contributed by atoms with Gasteiger partial charge in [-0.3, -0.25) is 5.32 Å². The summed E-state index contributed by atoms with van der Waals surface area (Å²) in [6.07, 6.45) is 4.81. The molecule has 1 aromatic heterocycles. The van der Waals surface area contributed by atoms with Crippen molar-refractivity contribution in [1.29, 1.82) is 0 Å². The molecule has 1 saturated carbocycles. The summed E-state index contributed by atoms with van der Waals surface area (Å²) >= 11 is 3.34. The topological polar surface area (TPSA) is 63.2 Å². The van der Waals surface area contributed by atoms with Crippen LogP contribution in [-0.2, 0) is 4.74 Å². The Morgan fingerprint density at radius 1 is 1.53 bits per heavy atom. The molecule has 1 aromatic rings. The Bertz CT molecular complexity index is 467. The number of anilines is 1. The summed E-state index contributed by atoms with van der Waals surface area (Å²) in [6, 6.07) is 1.77. The Morgan fingerprint density at radius 2 is 2.32 bits per heavy atom. The third-order valence-electron chi connectivity index (χ3n) is 3.35. The van der Waals surface area contributed by atoms with E-state index in [0.717, 1.165) is 29.3 Å². The summed E-state index contributed by atoms with van der Waals surface area (Å²) in [5, 5.41) is 5.71. The number of aromatic nitrogens is 1. The highest BCUT2D eigenvalue weighted by atomic mass is 79.9. The molecule has 2 N–H and O–H groups in total. The van der Waals surface area contributed by atoms with E-state index in [9.17, 15) is 4.79 Å². The van der Waals surface area contributed by atoms with Crippen LogP contribution >= 0.6 is 15.9 Å². The molecule has 2 atom stereocenters. The van der Waals surface area contributed by atoms with Gasteiger partial charge < -0.3 is 10.1 Å². The molecule has 104 valence electrons. The maximum absolute atomic E-state index is 11.9. The molecule has 0 unspecified atom stereocenters. The Morgan fingerprint density at radius 3 is 3.00 bits per heavy atom. The fourth-order valence-electron chi connectivity index (χ4n) is 2.36. The van der Waals surface area contributed by atoms with Gasteiger partial charge in [-0.2, -0.15) is 0 Å². The Kier molecular flexibility index (Phi) is 4.76. The molecule has 6 heteroatoms. The van der Waals surface area contributed by atoms with Gasteiger partial charge in [0, 0.05) is 17.8 Å². The molecule has 0 radical (unpaired) electrons. The monoisotopic (exact) mass is 327 g/mol. The van der Waals surface area contributed by atoms with Crippen LogP contribution in [0.3, 0.4) is 0 Å². The number of hydrogen-bond donors (Lipinski definition) is 2. The lowest BCUT2D eigenvalue weighted by molar-refractivity contribution is 0.0882. The molecule has 0 bridgehead atoms. The van der Waals surface area contributed by atoms with E-state index in [-0.39, 0.29) is 18.2 Å². The van der Waals surface area contributed by atoms with Crippen LogP contribution in [0, 0.1) is 6.92 Å². The van der Waals surface area contributed by atoms with Crippen LogP contribution in [0.15, 0.2) is 16.7 Å². The zero-order valence-corrected chi connectivity index (χ0v) is 12.7. The average Bonchev–Trinajstić information content (AvgIpc) is 2.80. The third-order valence-corrected chi connectivity index (χ3v) is 3.78. The van der Waals surface area contributed by atoms with Crippen molar-refractivity contribution in [3.05, 3.63) is 22.3 Å². The fourth-order valence-corrected chi connectivity index (χ4v) is 2.80. The first-order valence-electron chi connectivity index (χ1n) is 6.32. The summed E-state index contributed by atoms with van der Waals surface area (Å²) < 4.78 is 6.24. The Hall–Kier alpha value is -1.14. The van der Waals surface area contributed by atoms with Crippen molar-refractivity contribution in [2.45, 2.75) is 38.3 Å². The lowest BCUT2D eigenvalue weighted by Gasteiger charge is -2.20. The average molecular weight is 328 g/mol. The van der Waals surface area contributed by atoms with Crippen molar-refractivity contribution in [3.8, 4) is 0 Å². The lowest BCUT2D eigenvalue weighted by Crippen LogP contribution is -2.43. The van der Waals surface area contributed by atoms with Gasteiger partial charge in [-0.05, 0) is 53.7 Å². The maximum Gasteiger partial charge on any atom is 0.320 e. The van der Waals surface area contributed by atoms with E-state index < -0.39 is 0 Å². The number of amides is 2. The van der Waals surface area contributed by atoms with E-state index in [4.69, 9.17) is 4.74 Å². The lowest BCUT2D eigenvalue weighted by atomic mass is 10.2. The van der Waals surface area contributed by atoms with Gasteiger partial charge in [-0.1, -0.05) is 0 Å². The standard InChI is InChI=1S/C13H18BrN3O2/c1-8-6-9(14)7-15-12(8)17-13(18)16-10-4-3-5-11(10)19-2/h6-7,10-11H,3-5H2,1-2H3,(H2,15,16,17,18)/t10-,11-/m1/s1. The van der Waals surface area contributed by atoms with Crippen molar-refractivity contribution < 1.29 is 9.53 Å². The largest absolute Gasteiger partial charge is 0.379 e. The SMILES string of the molecule is CO[C@@H]1CCC[C@H]1NC(=O)Nc1ncc(Br)cc1C. The van der Waals surface area contributed by atoms with Gasteiger partial charge >= 0.3 is 6.03 Å². The highest BCUT2D eigenvalue weighted by molar-refractivity contribution is 9.10. The predicted molar refractivity (Wildman–Crippen MR) is 77.3 cm³/mol. The zero-order chi connectivity index (χ0) is 13.8. The number of nitrogens with one attached hydrogen (secondary N) is 2. The number of carbonyl (C=O) groups is 1. The number of halogens is 1. The van der Waals surface area contributed by atoms with Crippen molar-refractivity contribution in [3.63, 3.8) is 0 Å². The second-order valence-corrected chi connectivity index (χ2v) is 5.64. The van der Waals surface area contributed by atoms with Crippen LogP contribution in [0.2, 0.25) is 0 Å². The van der Waals surface area contributed by atoms with E-state index in [1.807, 2.05) is 13.0 Å². The van der Waals surface area contributed by atoms with Crippen molar-refractivity contribution in [2.75, 3.05) is 12.4 Å². The van der Waals surface area contributed by atoms with Gasteiger partial charge in [-0.15, -0.1) is 0 Å². The normalized spacial score (nSPS) is 22.3. The maximum atomic E-state index is 11.9. The van der Waals surface area contributed by atoms with E-state index in [2.05, 4.69) is 31.5 Å². The third kappa shape index (κ3) is 3.67. The van der Waals surface area contributed by atoms with E-state index in [1.54, 1.807) is 13.3 Å². The molecule has 1 aliphatic carbocycles. The number of nitrogens with zero attached hydrogens (tertiary/aromatic N) is 1. The molecule has 0 saturated heterocycles. The van der Waals surface area contributed by atoms with E-state index >= 15 is 0 Å². The second kappa shape index (κ2) is 6.34. The number of rotatable bonds is 3. The van der Waals surface area contributed by atoms with E-state index in [1.165, 1.54) is 0 Å². The fraction of sp³-hybridized carbons (Fsp3) is 0.538. The molecular formula is C13H18BrN3O2. The molecule has 0 aliphatic heterocycles. The number of ether oxygens (including phenoxy) is 1. The van der Waals surface area contributed by atoms with Crippen LogP contribution in [0.1, 0.15) is 24.8 Å². The number of methoxy groups -OCH3 is 1. The molecular weight excluding hydrogens is 310 g/mol. The van der Waals surface area contributed by atoms with Crippen LogP contribution in [0.4, 0.5) is 10.6 Å². The number of urea groups is 1. The Balaban J connectivity index is 1.94. The molecule has 0 spiro atoms. The minimum Gasteiger partial charge on any atom is -0.379 e. The summed E-state index contributed by atoms with van der Waals surface area (Å²) in [5.74, 6) is 0.577. The van der Waals surface area contributed by atoms with Crippen LogP contribution < -0.4 is 10.6 Å². The molecule has 1 heterocycles. The number of aryl methyl sites for hydroxylation is 1. The smallest absolute Gasteiger partial charge is 0.320 e. The van der Waals surface area contributed by atoms with Gasteiger partial charge in [-0.25, -0.2) is 9.78 Å². The zero-order valence-electron chi connectivity index (χ0n) is 11.1. The summed E-state index contributed by atoms with van der Waals surface area (Å²) in [6.45, 7) is 1.90. The molecule has 1 aliphatic rings. The quantitative estimate of drug-likeness (QED) is 0.897. The first kappa shape index (κ1) is 14.3. The van der Waals surface area contributed by atoms with Gasteiger partial charge in [0.15, 0.2) is 0 Å². The number of pyridine rings is 1. The van der Waals surface area contributed by atoms with Gasteiger partial charge in [0.2, 0.25) is 0 Å². The van der Waals surface area contributed by atoms with Gasteiger partial charge in [0.1, 0.15) is 5.82 Å². The van der Waals surface area contributed by atoms with E-state index in [0.29, 0.717) is 5.82 Å². The first-order chi connectivity index (χ1) is 9.10. The molecule has 0 aromatic carbocycles. The van der Waals surface area contributed by atoms with Crippen molar-refractivity contribution in [1.82, 2.24) is 10.3 Å². The first-order valence-corrected chi connectivity index (χ1v) is 7.12. The minimum atomic E-state index is -0.230. The summed E-state index contributed by atoms with van der Waals surface area (Å²) in [4.78, 5) is 16.1. The van der Waals surface area contributed by atoms with Crippen LogP contribution in [0.25, 0.3) is 0 Å². The van der Waals surface area contributed by atoms with Gasteiger partial charge in [0.05, 0.1) is 12.1 Å². The highest BCUT2D eigenvalue weighted by Gasteiger charge is 2.28. The summed E-state index contributed by atoms with van der Waals surface area (Å²) in [5.41, 5.74) is 0.916.